The normalized spacial score (nSPS) is 23.7. The zero-order valence-electron chi connectivity index (χ0n) is 22.0. The van der Waals surface area contributed by atoms with Crippen LogP contribution in [0.15, 0.2) is 18.2 Å². The summed E-state index contributed by atoms with van der Waals surface area (Å²) in [6.07, 6.45) is 1.18. The van der Waals surface area contributed by atoms with Crippen LogP contribution >= 0.6 is 0 Å². The number of ether oxygens (including phenoxy) is 1. The molecule has 0 bridgehead atoms. The Kier molecular flexibility index (Phi) is 10.1. The van der Waals surface area contributed by atoms with E-state index in [1.54, 1.807) is 13.0 Å². The van der Waals surface area contributed by atoms with E-state index in [1.165, 1.54) is 12.1 Å². The van der Waals surface area contributed by atoms with Gasteiger partial charge in [-0.2, -0.15) is 0 Å². The molecule has 2 aliphatic rings. The number of rotatable bonds is 5. The molecular formula is C26H37N5O7. The number of hydrogen-bond acceptors (Lipinski definition) is 7. The maximum atomic E-state index is 13.2. The van der Waals surface area contributed by atoms with Crippen molar-refractivity contribution < 1.29 is 33.8 Å². The van der Waals surface area contributed by atoms with Gasteiger partial charge in [-0.25, -0.2) is 4.79 Å². The van der Waals surface area contributed by atoms with Gasteiger partial charge in [-0.15, -0.1) is 0 Å². The van der Waals surface area contributed by atoms with Gasteiger partial charge in [-0.3, -0.25) is 19.2 Å². The Morgan fingerprint density at radius 3 is 2.47 bits per heavy atom. The molecule has 3 atom stereocenters. The maximum absolute atomic E-state index is 13.2. The van der Waals surface area contributed by atoms with Crippen LogP contribution in [0.3, 0.4) is 0 Å². The Bertz CT molecular complexity index is 1050. The zero-order valence-corrected chi connectivity index (χ0v) is 22.0. The van der Waals surface area contributed by atoms with E-state index in [9.17, 15) is 29.1 Å². The molecule has 2 aliphatic heterocycles. The fourth-order valence-corrected chi connectivity index (χ4v) is 4.42. The molecule has 1 aromatic carbocycles. The van der Waals surface area contributed by atoms with Gasteiger partial charge < -0.3 is 36.4 Å². The van der Waals surface area contributed by atoms with Crippen LogP contribution in [0, 0.1) is 11.8 Å². The average molecular weight is 532 g/mol. The fraction of sp³-hybridized carbons (Fsp3) is 0.577. The van der Waals surface area contributed by atoms with E-state index in [4.69, 9.17) is 4.74 Å². The SMILES string of the molecule is CC(C)C[C@@H]1NC(=O)C[C@@H](C(=O)O)NC(=O)c2cc(NC(=O)C3CCNCC3)ccc2OCC(C)NC1=O. The fourth-order valence-electron chi connectivity index (χ4n) is 4.42. The molecule has 1 aromatic rings. The second-order valence-corrected chi connectivity index (χ2v) is 10.3. The molecule has 208 valence electrons. The number of aliphatic carboxylic acids is 1. The van der Waals surface area contributed by atoms with E-state index in [-0.39, 0.29) is 35.7 Å². The number of amides is 4. The van der Waals surface area contributed by atoms with Crippen LogP contribution in [0.2, 0.25) is 0 Å². The highest BCUT2D eigenvalue weighted by Gasteiger charge is 2.30. The van der Waals surface area contributed by atoms with Crippen molar-refractivity contribution in [1.29, 1.82) is 0 Å². The lowest BCUT2D eigenvalue weighted by atomic mass is 9.97. The van der Waals surface area contributed by atoms with Gasteiger partial charge in [0.2, 0.25) is 17.7 Å². The number of benzene rings is 1. The number of fused-ring (bicyclic) bond motifs is 1. The summed E-state index contributed by atoms with van der Waals surface area (Å²) in [4.78, 5) is 63.3. The van der Waals surface area contributed by atoms with E-state index in [2.05, 4.69) is 26.6 Å². The number of anilines is 1. The minimum Gasteiger partial charge on any atom is -0.491 e. The van der Waals surface area contributed by atoms with Crippen molar-refractivity contribution in [2.75, 3.05) is 25.0 Å². The molecule has 12 nitrogen and oxygen atoms in total. The van der Waals surface area contributed by atoms with Crippen LogP contribution in [-0.4, -0.2) is 72.5 Å². The molecule has 0 radical (unpaired) electrons. The first-order valence-corrected chi connectivity index (χ1v) is 12.9. The molecule has 1 unspecified atom stereocenters. The predicted octanol–water partition coefficient (Wildman–Crippen LogP) is 0.626. The summed E-state index contributed by atoms with van der Waals surface area (Å²) in [6, 6.07) is 1.65. The second-order valence-electron chi connectivity index (χ2n) is 10.3. The smallest absolute Gasteiger partial charge is 0.326 e. The molecule has 12 heteroatoms. The van der Waals surface area contributed by atoms with Crippen molar-refractivity contribution in [1.82, 2.24) is 21.3 Å². The molecule has 2 heterocycles. The first kappa shape index (κ1) is 28.9. The molecule has 0 saturated carbocycles. The molecule has 0 aliphatic carbocycles. The third-order valence-electron chi connectivity index (χ3n) is 6.43. The topological polar surface area (TPSA) is 175 Å². The van der Waals surface area contributed by atoms with Crippen LogP contribution in [0.1, 0.15) is 56.8 Å². The molecule has 3 rings (SSSR count). The van der Waals surface area contributed by atoms with E-state index in [1.807, 2.05) is 13.8 Å². The summed E-state index contributed by atoms with van der Waals surface area (Å²) in [6.45, 7) is 7.03. The van der Waals surface area contributed by atoms with Gasteiger partial charge in [0.25, 0.3) is 5.91 Å². The van der Waals surface area contributed by atoms with Crippen LogP contribution in [-0.2, 0) is 19.2 Å². The highest BCUT2D eigenvalue weighted by Crippen LogP contribution is 2.25. The van der Waals surface area contributed by atoms with Crippen molar-refractivity contribution >= 4 is 35.3 Å². The van der Waals surface area contributed by atoms with Crippen LogP contribution in [0.5, 0.6) is 5.75 Å². The highest BCUT2D eigenvalue weighted by atomic mass is 16.5. The maximum Gasteiger partial charge on any atom is 0.326 e. The van der Waals surface area contributed by atoms with Crippen LogP contribution in [0.4, 0.5) is 5.69 Å². The summed E-state index contributed by atoms with van der Waals surface area (Å²) in [5, 5.41) is 23.5. The minimum absolute atomic E-state index is 0.00645. The van der Waals surface area contributed by atoms with Gasteiger partial charge in [0.15, 0.2) is 0 Å². The lowest BCUT2D eigenvalue weighted by Crippen LogP contribution is -2.52. The molecule has 6 N–H and O–H groups in total. The third kappa shape index (κ3) is 8.17. The van der Waals surface area contributed by atoms with Gasteiger partial charge in [0, 0.05) is 11.6 Å². The Morgan fingerprint density at radius 1 is 1.11 bits per heavy atom. The Hall–Kier alpha value is -3.67. The van der Waals surface area contributed by atoms with Gasteiger partial charge in [0.05, 0.1) is 18.0 Å². The Labute approximate surface area is 221 Å². The molecule has 0 spiro atoms. The number of piperidine rings is 1. The third-order valence-corrected chi connectivity index (χ3v) is 6.43. The number of carbonyl (C=O) groups excluding carboxylic acids is 4. The van der Waals surface area contributed by atoms with E-state index in [0.717, 1.165) is 13.1 Å². The van der Waals surface area contributed by atoms with Crippen molar-refractivity contribution in [2.45, 2.75) is 64.6 Å². The van der Waals surface area contributed by atoms with Crippen LogP contribution in [0.25, 0.3) is 0 Å². The van der Waals surface area contributed by atoms with Gasteiger partial charge in [0.1, 0.15) is 24.4 Å². The Morgan fingerprint density at radius 2 is 1.82 bits per heavy atom. The molecule has 1 fully saturated rings. The molecule has 4 amide bonds. The molecule has 1 saturated heterocycles. The van der Waals surface area contributed by atoms with Crippen molar-refractivity contribution in [2.24, 2.45) is 11.8 Å². The lowest BCUT2D eigenvalue weighted by molar-refractivity contribution is -0.141. The lowest BCUT2D eigenvalue weighted by Gasteiger charge is -2.25. The largest absolute Gasteiger partial charge is 0.491 e. The summed E-state index contributed by atoms with van der Waals surface area (Å²) in [5.41, 5.74) is 0.350. The van der Waals surface area contributed by atoms with E-state index >= 15 is 0 Å². The van der Waals surface area contributed by atoms with E-state index in [0.29, 0.717) is 24.9 Å². The quantitative estimate of drug-likeness (QED) is 0.321. The minimum atomic E-state index is -1.55. The van der Waals surface area contributed by atoms with Crippen molar-refractivity contribution in [3.05, 3.63) is 23.8 Å². The van der Waals surface area contributed by atoms with Gasteiger partial charge in [-0.1, -0.05) is 13.8 Å². The number of carboxylic acid groups (broad SMARTS) is 1. The monoisotopic (exact) mass is 531 g/mol. The molecule has 0 aromatic heterocycles. The average Bonchev–Trinajstić information content (AvgIpc) is 2.86. The predicted molar refractivity (Wildman–Crippen MR) is 139 cm³/mol. The second kappa shape index (κ2) is 13.2. The number of carboxylic acids is 1. The number of nitrogens with one attached hydrogen (secondary N) is 5. The van der Waals surface area contributed by atoms with Gasteiger partial charge >= 0.3 is 5.97 Å². The van der Waals surface area contributed by atoms with Gasteiger partial charge in [-0.05, 0) is 63.4 Å². The Balaban J connectivity index is 1.88. The zero-order chi connectivity index (χ0) is 27.8. The van der Waals surface area contributed by atoms with Crippen LogP contribution < -0.4 is 31.3 Å². The highest BCUT2D eigenvalue weighted by molar-refractivity contribution is 6.02. The first-order valence-electron chi connectivity index (χ1n) is 12.9. The molecule has 38 heavy (non-hydrogen) atoms. The van der Waals surface area contributed by atoms with Crippen molar-refractivity contribution in [3.63, 3.8) is 0 Å². The molecular weight excluding hydrogens is 494 g/mol. The first-order chi connectivity index (χ1) is 18.0. The summed E-state index contributed by atoms with van der Waals surface area (Å²) < 4.78 is 5.84. The summed E-state index contributed by atoms with van der Waals surface area (Å²) in [7, 11) is 0. The number of carbonyl (C=O) groups is 5. The van der Waals surface area contributed by atoms with E-state index < -0.39 is 48.2 Å². The number of hydrogen-bond donors (Lipinski definition) is 6. The summed E-state index contributed by atoms with van der Waals surface area (Å²) in [5.74, 6) is -3.36. The summed E-state index contributed by atoms with van der Waals surface area (Å²) >= 11 is 0. The van der Waals surface area contributed by atoms with Crippen molar-refractivity contribution in [3.8, 4) is 5.75 Å². The standard InChI is InChI=1S/C26H37N5O7/c1-14(2)10-19-25(35)28-15(3)13-38-21-5-4-17(29-23(33)16-6-8-27-9-7-16)11-18(21)24(34)31-20(26(36)37)12-22(32)30-19/h4-5,11,14-16,19-20,27H,6-10,12-13H2,1-3H3,(H,28,35)(H,29,33)(H,30,32)(H,31,34)(H,36,37)/t15?,19-,20-/m0/s1.